The molecule has 2 rings (SSSR count). The van der Waals surface area contributed by atoms with E-state index in [-0.39, 0.29) is 17.3 Å². The highest BCUT2D eigenvalue weighted by Crippen LogP contribution is 2.29. The quantitative estimate of drug-likeness (QED) is 0.794. The number of allylic oxidation sites excluding steroid dienone is 2. The van der Waals surface area contributed by atoms with Crippen LogP contribution >= 0.6 is 0 Å². The van der Waals surface area contributed by atoms with Gasteiger partial charge in [-0.05, 0) is 35.4 Å². The summed E-state index contributed by atoms with van der Waals surface area (Å²) in [5.74, 6) is -0.730. The molecule has 0 aliphatic heterocycles. The Balaban J connectivity index is 2.33. The van der Waals surface area contributed by atoms with Crippen molar-refractivity contribution in [1.29, 1.82) is 0 Å². The largest absolute Gasteiger partial charge is 0.508 e. The fourth-order valence-electron chi connectivity index (χ4n) is 2.39. The molecule has 0 heterocycles. The number of Topliss-reactive ketones (excluding diaryl/α,β-unsaturated/α-hetero) is 1. The molecule has 2 N–H and O–H groups in total. The van der Waals surface area contributed by atoms with E-state index in [1.807, 2.05) is 0 Å². The van der Waals surface area contributed by atoms with Gasteiger partial charge < -0.3 is 10.2 Å². The summed E-state index contributed by atoms with van der Waals surface area (Å²) in [6.45, 7) is 7.50. The van der Waals surface area contributed by atoms with Crippen LogP contribution < -0.4 is 0 Å². The lowest BCUT2D eigenvalue weighted by atomic mass is 9.84. The fourth-order valence-corrected chi connectivity index (χ4v) is 2.39. The van der Waals surface area contributed by atoms with E-state index in [1.165, 1.54) is 0 Å². The third kappa shape index (κ3) is 3.26. The number of hydrogen-bond donors (Lipinski definition) is 2. The first kappa shape index (κ1) is 15.6. The normalized spacial score (nSPS) is 13.1. The molecule has 0 bridgehead atoms. The second-order valence-corrected chi connectivity index (χ2v) is 5.01. The number of carbonyl (C=O) groups excluding carboxylic acids is 1. The molecule has 0 fully saturated rings. The van der Waals surface area contributed by atoms with Gasteiger partial charge in [-0.2, -0.15) is 0 Å². The molecule has 2 atom stereocenters. The van der Waals surface area contributed by atoms with Crippen molar-refractivity contribution in [2.45, 2.75) is 11.8 Å². The smallest absolute Gasteiger partial charge is 0.155 e. The number of phenolic OH excluding ortho intramolecular Hbond substituents is 2. The van der Waals surface area contributed by atoms with Gasteiger partial charge in [-0.15, -0.1) is 13.2 Å². The number of hydrogen-bond acceptors (Lipinski definition) is 3. The van der Waals surface area contributed by atoms with Crippen molar-refractivity contribution in [2.24, 2.45) is 0 Å². The zero-order valence-electron chi connectivity index (χ0n) is 12.1. The number of aromatic hydroxyl groups is 2. The van der Waals surface area contributed by atoms with Crippen LogP contribution in [0.2, 0.25) is 0 Å². The van der Waals surface area contributed by atoms with Gasteiger partial charge in [0.05, 0.1) is 11.8 Å². The summed E-state index contributed by atoms with van der Waals surface area (Å²) in [6.07, 6.45) is 3.18. The summed E-state index contributed by atoms with van der Waals surface area (Å²) in [4.78, 5) is 12.8. The van der Waals surface area contributed by atoms with Crippen molar-refractivity contribution in [3.8, 4) is 11.5 Å². The maximum atomic E-state index is 12.8. The zero-order chi connectivity index (χ0) is 16.1. The molecule has 0 aliphatic carbocycles. The zero-order valence-corrected chi connectivity index (χ0v) is 12.1. The molecule has 0 saturated carbocycles. The molecule has 3 nitrogen and oxygen atoms in total. The molecule has 0 aliphatic rings. The summed E-state index contributed by atoms with van der Waals surface area (Å²) >= 11 is 0. The number of ketones is 1. The van der Waals surface area contributed by atoms with E-state index in [1.54, 1.807) is 60.7 Å². The van der Waals surface area contributed by atoms with Gasteiger partial charge in [0.15, 0.2) is 5.78 Å². The third-order valence-corrected chi connectivity index (χ3v) is 3.59. The van der Waals surface area contributed by atoms with Crippen molar-refractivity contribution in [3.63, 3.8) is 0 Å². The van der Waals surface area contributed by atoms with E-state index in [2.05, 4.69) is 13.2 Å². The molecular weight excluding hydrogens is 276 g/mol. The summed E-state index contributed by atoms with van der Waals surface area (Å²) < 4.78 is 0. The molecule has 22 heavy (non-hydrogen) atoms. The Morgan fingerprint density at radius 3 is 1.36 bits per heavy atom. The first-order chi connectivity index (χ1) is 10.6. The van der Waals surface area contributed by atoms with Crippen molar-refractivity contribution >= 4 is 5.78 Å². The van der Waals surface area contributed by atoms with Crippen LogP contribution in [0.1, 0.15) is 23.0 Å². The van der Waals surface area contributed by atoms with Gasteiger partial charge >= 0.3 is 0 Å². The van der Waals surface area contributed by atoms with Gasteiger partial charge in [-0.1, -0.05) is 36.4 Å². The molecule has 2 aromatic carbocycles. The van der Waals surface area contributed by atoms with E-state index in [4.69, 9.17) is 0 Å². The Bertz CT molecular complexity index is 609. The van der Waals surface area contributed by atoms with Gasteiger partial charge in [-0.3, -0.25) is 4.79 Å². The maximum absolute atomic E-state index is 12.8. The Morgan fingerprint density at radius 1 is 0.773 bits per heavy atom. The highest BCUT2D eigenvalue weighted by Gasteiger charge is 2.25. The Labute approximate surface area is 129 Å². The van der Waals surface area contributed by atoms with Crippen LogP contribution in [-0.2, 0) is 4.79 Å². The molecule has 0 saturated heterocycles. The number of phenols is 2. The number of rotatable bonds is 6. The molecule has 0 amide bonds. The second kappa shape index (κ2) is 6.76. The van der Waals surface area contributed by atoms with Gasteiger partial charge in [0.1, 0.15) is 11.5 Å². The predicted molar refractivity (Wildman–Crippen MR) is 87.1 cm³/mol. The minimum atomic E-state index is -0.489. The topological polar surface area (TPSA) is 57.5 Å². The van der Waals surface area contributed by atoms with E-state index in [0.29, 0.717) is 0 Å². The monoisotopic (exact) mass is 294 g/mol. The summed E-state index contributed by atoms with van der Waals surface area (Å²) in [7, 11) is 0. The predicted octanol–water partition coefficient (Wildman–Crippen LogP) is 3.91. The van der Waals surface area contributed by atoms with E-state index in [0.717, 1.165) is 11.1 Å². The number of benzene rings is 2. The standard InChI is InChI=1S/C19H18O3/c1-3-17(13-5-9-15(20)10-6-13)19(22)18(4-2)14-7-11-16(21)12-8-14/h3-12,17-18,20-21H,1-2H2. The fraction of sp³-hybridized carbons (Fsp3) is 0.105. The van der Waals surface area contributed by atoms with Crippen molar-refractivity contribution in [1.82, 2.24) is 0 Å². The third-order valence-electron chi connectivity index (χ3n) is 3.59. The SMILES string of the molecule is C=CC(C(=O)C(C=C)c1ccc(O)cc1)c1ccc(O)cc1. The highest BCUT2D eigenvalue weighted by atomic mass is 16.3. The van der Waals surface area contributed by atoms with Gasteiger partial charge in [0, 0.05) is 0 Å². The average Bonchev–Trinajstić information content (AvgIpc) is 2.52. The van der Waals surface area contributed by atoms with Gasteiger partial charge in [-0.25, -0.2) is 0 Å². The summed E-state index contributed by atoms with van der Waals surface area (Å²) in [5.41, 5.74) is 1.53. The number of carbonyl (C=O) groups is 1. The lowest BCUT2D eigenvalue weighted by Crippen LogP contribution is -2.18. The van der Waals surface area contributed by atoms with Crippen molar-refractivity contribution in [3.05, 3.63) is 85.0 Å². The first-order valence-electron chi connectivity index (χ1n) is 6.93. The van der Waals surface area contributed by atoms with Gasteiger partial charge in [0.2, 0.25) is 0 Å². The van der Waals surface area contributed by atoms with E-state index >= 15 is 0 Å². The summed E-state index contributed by atoms with van der Waals surface area (Å²) in [5, 5.41) is 18.7. The molecule has 3 heteroatoms. The van der Waals surface area contributed by atoms with Crippen LogP contribution in [0.5, 0.6) is 11.5 Å². The van der Waals surface area contributed by atoms with Crippen LogP contribution in [0, 0.1) is 0 Å². The van der Waals surface area contributed by atoms with E-state index < -0.39 is 11.8 Å². The van der Waals surface area contributed by atoms with Gasteiger partial charge in [0.25, 0.3) is 0 Å². The molecule has 2 unspecified atom stereocenters. The average molecular weight is 294 g/mol. The minimum absolute atomic E-state index is 0.0543. The van der Waals surface area contributed by atoms with Crippen molar-refractivity contribution < 1.29 is 15.0 Å². The molecule has 0 aromatic heterocycles. The molecule has 0 spiro atoms. The van der Waals surface area contributed by atoms with Crippen LogP contribution in [-0.4, -0.2) is 16.0 Å². The lowest BCUT2D eigenvalue weighted by molar-refractivity contribution is -0.120. The van der Waals surface area contributed by atoms with E-state index in [9.17, 15) is 15.0 Å². The molecule has 2 aromatic rings. The van der Waals surface area contributed by atoms with Crippen LogP contribution in [0.15, 0.2) is 73.8 Å². The summed E-state index contributed by atoms with van der Waals surface area (Å²) in [6, 6.07) is 13.0. The molecule has 0 radical (unpaired) electrons. The second-order valence-electron chi connectivity index (χ2n) is 5.01. The maximum Gasteiger partial charge on any atom is 0.155 e. The Morgan fingerprint density at radius 2 is 1.09 bits per heavy atom. The lowest BCUT2D eigenvalue weighted by Gasteiger charge is -2.18. The van der Waals surface area contributed by atoms with Crippen LogP contribution in [0.25, 0.3) is 0 Å². The Kier molecular flexibility index (Phi) is 4.79. The first-order valence-corrected chi connectivity index (χ1v) is 6.93. The minimum Gasteiger partial charge on any atom is -0.508 e. The highest BCUT2D eigenvalue weighted by molar-refractivity contribution is 5.94. The van der Waals surface area contributed by atoms with Crippen LogP contribution in [0.3, 0.4) is 0 Å². The van der Waals surface area contributed by atoms with Crippen LogP contribution in [0.4, 0.5) is 0 Å². The van der Waals surface area contributed by atoms with Crippen molar-refractivity contribution in [2.75, 3.05) is 0 Å². The molecule has 112 valence electrons. The molecular formula is C19H18O3. The Hall–Kier alpha value is -2.81.